The topological polar surface area (TPSA) is 101 Å². The van der Waals surface area contributed by atoms with Crippen molar-refractivity contribution in [3.63, 3.8) is 0 Å². The molecule has 1 aliphatic carbocycles. The fourth-order valence-electron chi connectivity index (χ4n) is 2.04. The Balaban J connectivity index is 2.45. The lowest BCUT2D eigenvalue weighted by atomic mass is 10.2. The third-order valence-electron chi connectivity index (χ3n) is 2.73. The van der Waals surface area contributed by atoms with Gasteiger partial charge in [-0.25, -0.2) is 4.79 Å². The van der Waals surface area contributed by atoms with Gasteiger partial charge in [-0.1, -0.05) is 0 Å². The van der Waals surface area contributed by atoms with Crippen LogP contribution in [0.25, 0.3) is 0 Å². The Labute approximate surface area is 85.4 Å². The number of nitrogens with two attached hydrogens (primary N) is 1. The number of aromatic amines is 1. The van der Waals surface area contributed by atoms with Crippen molar-refractivity contribution in [2.75, 3.05) is 5.73 Å². The maximum atomic E-state index is 11.5. The van der Waals surface area contributed by atoms with Crippen molar-refractivity contribution in [2.45, 2.75) is 31.4 Å². The first kappa shape index (κ1) is 9.97. The molecule has 6 nitrogen and oxygen atoms in total. The Hall–Kier alpha value is -1.56. The number of hydrogen-bond acceptors (Lipinski definition) is 4. The van der Waals surface area contributed by atoms with Crippen molar-refractivity contribution in [2.24, 2.45) is 0 Å². The number of hydrogen-bond donors (Lipinski definition) is 3. The number of rotatable bonds is 1. The summed E-state index contributed by atoms with van der Waals surface area (Å²) in [5, 5.41) is 9.34. The number of aliphatic hydroxyl groups is 1. The van der Waals surface area contributed by atoms with E-state index in [1.54, 1.807) is 0 Å². The zero-order valence-corrected chi connectivity index (χ0v) is 8.14. The zero-order chi connectivity index (χ0) is 11.0. The van der Waals surface area contributed by atoms with Crippen molar-refractivity contribution in [3.8, 4) is 0 Å². The van der Waals surface area contributed by atoms with Crippen LogP contribution in [0.15, 0.2) is 15.7 Å². The minimum atomic E-state index is -0.501. The largest absolute Gasteiger partial charge is 0.393 e. The van der Waals surface area contributed by atoms with Gasteiger partial charge in [-0.3, -0.25) is 14.3 Å². The second-order valence-electron chi connectivity index (χ2n) is 3.86. The number of nitrogen functional groups attached to an aromatic ring is 1. The molecule has 1 aromatic heterocycles. The normalized spacial score (nSPS) is 25.7. The third-order valence-corrected chi connectivity index (χ3v) is 2.73. The van der Waals surface area contributed by atoms with Crippen LogP contribution >= 0.6 is 0 Å². The smallest absolute Gasteiger partial charge is 0.330 e. The van der Waals surface area contributed by atoms with Gasteiger partial charge in [-0.05, 0) is 19.3 Å². The van der Waals surface area contributed by atoms with E-state index in [4.69, 9.17) is 5.73 Å². The van der Waals surface area contributed by atoms with Gasteiger partial charge in [0.1, 0.15) is 5.82 Å². The van der Waals surface area contributed by atoms with Gasteiger partial charge in [0.05, 0.1) is 6.10 Å². The predicted octanol–water partition coefficient (Wildman–Crippen LogP) is -0.795. The molecule has 0 aromatic carbocycles. The predicted molar refractivity (Wildman–Crippen MR) is 54.6 cm³/mol. The van der Waals surface area contributed by atoms with E-state index in [9.17, 15) is 14.7 Å². The lowest BCUT2D eigenvalue weighted by molar-refractivity contribution is 0.177. The van der Waals surface area contributed by atoms with Crippen molar-refractivity contribution in [1.29, 1.82) is 0 Å². The number of anilines is 1. The second kappa shape index (κ2) is 3.54. The molecule has 1 fully saturated rings. The summed E-state index contributed by atoms with van der Waals surface area (Å²) in [6.45, 7) is 0. The van der Waals surface area contributed by atoms with Crippen molar-refractivity contribution < 1.29 is 5.11 Å². The molecule has 4 N–H and O–H groups in total. The molecule has 15 heavy (non-hydrogen) atoms. The van der Waals surface area contributed by atoms with Gasteiger partial charge in [-0.2, -0.15) is 0 Å². The molecule has 0 spiro atoms. The molecule has 2 atom stereocenters. The van der Waals surface area contributed by atoms with Crippen molar-refractivity contribution in [1.82, 2.24) is 9.55 Å². The molecule has 0 amide bonds. The minimum Gasteiger partial charge on any atom is -0.393 e. The Bertz CT molecular complexity index is 445. The molecular weight excluding hydrogens is 198 g/mol. The SMILES string of the molecule is Nc1cc(=O)n(C2CCC(O)C2)c(=O)[nH]1. The number of nitrogens with one attached hydrogen (secondary N) is 1. The number of aliphatic hydroxyl groups excluding tert-OH is 1. The van der Waals surface area contributed by atoms with Crippen LogP contribution in [0.1, 0.15) is 25.3 Å². The summed E-state index contributed by atoms with van der Waals surface area (Å²) < 4.78 is 1.13. The zero-order valence-electron chi connectivity index (χ0n) is 8.14. The van der Waals surface area contributed by atoms with E-state index in [1.165, 1.54) is 6.07 Å². The lowest BCUT2D eigenvalue weighted by Gasteiger charge is -2.11. The molecule has 0 radical (unpaired) electrons. The van der Waals surface area contributed by atoms with E-state index < -0.39 is 17.4 Å². The van der Waals surface area contributed by atoms with Gasteiger partial charge >= 0.3 is 5.69 Å². The van der Waals surface area contributed by atoms with Gasteiger partial charge in [-0.15, -0.1) is 0 Å². The van der Waals surface area contributed by atoms with Crippen LogP contribution in [0.2, 0.25) is 0 Å². The Morgan fingerprint density at radius 2 is 2.20 bits per heavy atom. The van der Waals surface area contributed by atoms with E-state index in [2.05, 4.69) is 4.98 Å². The molecule has 1 aliphatic rings. The van der Waals surface area contributed by atoms with Crippen molar-refractivity contribution in [3.05, 3.63) is 26.9 Å². The first-order chi connectivity index (χ1) is 7.08. The Kier molecular flexibility index (Phi) is 2.36. The molecule has 82 valence electrons. The van der Waals surface area contributed by atoms with Gasteiger partial charge in [0.2, 0.25) is 0 Å². The molecule has 6 heteroatoms. The first-order valence-corrected chi connectivity index (χ1v) is 4.87. The standard InChI is InChI=1S/C9H13N3O3/c10-7-4-8(14)12(9(15)11-7)5-1-2-6(13)3-5/h4-6,13H,1-3,10H2,(H,11,15). The minimum absolute atomic E-state index is 0.0693. The highest BCUT2D eigenvalue weighted by atomic mass is 16.3. The molecule has 1 heterocycles. The van der Waals surface area contributed by atoms with Crippen LogP contribution in [0.3, 0.4) is 0 Å². The highest BCUT2D eigenvalue weighted by Gasteiger charge is 2.26. The van der Waals surface area contributed by atoms with E-state index in [-0.39, 0.29) is 11.9 Å². The van der Waals surface area contributed by atoms with Crippen molar-refractivity contribution >= 4 is 5.82 Å². The number of H-pyrrole nitrogens is 1. The van der Waals surface area contributed by atoms with E-state index >= 15 is 0 Å². The van der Waals surface area contributed by atoms with E-state index in [0.717, 1.165) is 4.57 Å². The van der Waals surface area contributed by atoms with E-state index in [1.807, 2.05) is 0 Å². The number of nitrogens with zero attached hydrogens (tertiary/aromatic N) is 1. The molecule has 2 unspecified atom stereocenters. The van der Waals surface area contributed by atoms with Crippen LogP contribution in [0, 0.1) is 0 Å². The molecule has 0 saturated heterocycles. The van der Waals surface area contributed by atoms with Gasteiger partial charge < -0.3 is 10.8 Å². The summed E-state index contributed by atoms with van der Waals surface area (Å²) in [6.07, 6.45) is 1.31. The molecule has 2 rings (SSSR count). The summed E-state index contributed by atoms with van der Waals surface area (Å²) >= 11 is 0. The van der Waals surface area contributed by atoms with Crippen LogP contribution < -0.4 is 17.0 Å². The van der Waals surface area contributed by atoms with Gasteiger partial charge in [0.15, 0.2) is 0 Å². The van der Waals surface area contributed by atoms with Gasteiger partial charge in [0.25, 0.3) is 5.56 Å². The van der Waals surface area contributed by atoms with E-state index in [0.29, 0.717) is 19.3 Å². The fourth-order valence-corrected chi connectivity index (χ4v) is 2.04. The maximum absolute atomic E-state index is 11.5. The summed E-state index contributed by atoms with van der Waals surface area (Å²) in [5.74, 6) is 0.0693. The van der Waals surface area contributed by atoms with Crippen LogP contribution in [-0.2, 0) is 0 Å². The Morgan fingerprint density at radius 1 is 1.47 bits per heavy atom. The highest BCUT2D eigenvalue weighted by Crippen LogP contribution is 2.27. The fraction of sp³-hybridized carbons (Fsp3) is 0.556. The van der Waals surface area contributed by atoms with Crippen LogP contribution in [-0.4, -0.2) is 20.8 Å². The maximum Gasteiger partial charge on any atom is 0.330 e. The molecule has 1 saturated carbocycles. The summed E-state index contributed by atoms with van der Waals surface area (Å²) in [6, 6.07) is 0.975. The average molecular weight is 211 g/mol. The molecule has 0 bridgehead atoms. The number of aromatic nitrogens is 2. The second-order valence-corrected chi connectivity index (χ2v) is 3.86. The highest BCUT2D eigenvalue weighted by molar-refractivity contribution is 5.23. The summed E-state index contributed by atoms with van der Waals surface area (Å²) in [5.41, 5.74) is 4.43. The lowest BCUT2D eigenvalue weighted by Crippen LogP contribution is -2.37. The first-order valence-electron chi connectivity index (χ1n) is 4.87. The van der Waals surface area contributed by atoms with Gasteiger partial charge in [0, 0.05) is 12.1 Å². The summed E-state index contributed by atoms with van der Waals surface area (Å²) in [4.78, 5) is 25.4. The molecule has 0 aliphatic heterocycles. The monoisotopic (exact) mass is 211 g/mol. The third kappa shape index (κ3) is 1.80. The summed E-state index contributed by atoms with van der Waals surface area (Å²) in [7, 11) is 0. The average Bonchev–Trinajstić information content (AvgIpc) is 2.49. The quantitative estimate of drug-likeness (QED) is 0.566. The van der Waals surface area contributed by atoms with Crippen LogP contribution in [0.4, 0.5) is 5.82 Å². The van der Waals surface area contributed by atoms with Crippen LogP contribution in [0.5, 0.6) is 0 Å². The Morgan fingerprint density at radius 3 is 2.73 bits per heavy atom. The molecular formula is C9H13N3O3. The molecule has 1 aromatic rings.